The molecule has 0 bridgehead atoms. The predicted molar refractivity (Wildman–Crippen MR) is 271 cm³/mol. The minimum Gasteiger partial charge on any atom is -0.494 e. The van der Waals surface area contributed by atoms with Crippen LogP contribution < -0.4 is 26.0 Å². The summed E-state index contributed by atoms with van der Waals surface area (Å²) in [5, 5.41) is 11.7. The molecule has 1 aliphatic carbocycles. The standard InChI is InChI=1S/C53H77N5O15/c59-48(21-27-58-50(61)19-20-51(58)62)56-26-32-68-36-40-71-42-41-70-39-35-67-31-22-49(60)55-24-8-30-72-46-17-13-44(14-18-46)52(63)43-11-15-45(16-12-43)54-23-6-28-65-33-37-69-38-34-66-29-7-25-57-53(64)73-47-9-4-2-1-3-5-10-47/h1-2,11-20,47,54H,3-10,21-42H2,(H,55,60)(H,56,59)(H,57,64)/b2-1+. The molecule has 0 radical (unpaired) electrons. The maximum absolute atomic E-state index is 13.1. The number of nitrogens with one attached hydrogen (secondary N) is 4. The third-order valence-corrected chi connectivity index (χ3v) is 11.1. The average Bonchev–Trinajstić information content (AvgIpc) is 3.71. The maximum Gasteiger partial charge on any atom is 0.407 e. The number of hydrogen-bond acceptors (Lipinski definition) is 16. The van der Waals surface area contributed by atoms with E-state index >= 15 is 0 Å². The SMILES string of the molecule is O=C(CCOCCOCCOCCOCCNC(=O)CCN1C(=O)C=CC1=O)NCCCOc1ccc(C(=O)c2ccc(NCCCOCCOCCOCCCNC(=O)OC3CC/C=C/CCC3)cc2)cc1. The number of amides is 5. The molecule has 73 heavy (non-hydrogen) atoms. The number of anilines is 1. The number of allylic oxidation sites excluding steroid dienone is 2. The summed E-state index contributed by atoms with van der Waals surface area (Å²) < 4.78 is 50.0. The molecule has 4 N–H and O–H groups in total. The van der Waals surface area contributed by atoms with Crippen LogP contribution in [0.1, 0.15) is 80.1 Å². The molecule has 2 aromatic rings. The third-order valence-electron chi connectivity index (χ3n) is 11.1. The van der Waals surface area contributed by atoms with Crippen molar-refractivity contribution in [2.75, 3.05) is 137 Å². The second-order valence-electron chi connectivity index (χ2n) is 16.8. The van der Waals surface area contributed by atoms with Crippen LogP contribution in [0.15, 0.2) is 72.8 Å². The van der Waals surface area contributed by atoms with Crippen LogP contribution in [0.5, 0.6) is 5.75 Å². The first kappa shape index (κ1) is 59.8. The number of alkyl carbamates (subject to hydrolysis) is 1. The lowest BCUT2D eigenvalue weighted by molar-refractivity contribution is -0.137. The molecule has 20 heteroatoms. The Hall–Kier alpha value is -5.74. The average molecular weight is 1020 g/mol. The van der Waals surface area contributed by atoms with Crippen molar-refractivity contribution in [1.82, 2.24) is 20.9 Å². The van der Waals surface area contributed by atoms with Crippen LogP contribution in [0.4, 0.5) is 10.5 Å². The Morgan fingerprint density at radius 2 is 1.01 bits per heavy atom. The van der Waals surface area contributed by atoms with Crippen molar-refractivity contribution in [3.63, 3.8) is 0 Å². The van der Waals surface area contributed by atoms with Gasteiger partial charge in [0.1, 0.15) is 11.9 Å². The number of carbonyl (C=O) groups is 6. The van der Waals surface area contributed by atoms with Crippen LogP contribution in [0, 0.1) is 0 Å². The first-order chi connectivity index (χ1) is 35.8. The van der Waals surface area contributed by atoms with Gasteiger partial charge in [-0.2, -0.15) is 0 Å². The van der Waals surface area contributed by atoms with E-state index < -0.39 is 11.8 Å². The van der Waals surface area contributed by atoms with Crippen molar-refractivity contribution in [3.8, 4) is 5.75 Å². The van der Waals surface area contributed by atoms with Crippen molar-refractivity contribution in [2.24, 2.45) is 0 Å². The van der Waals surface area contributed by atoms with Gasteiger partial charge in [-0.25, -0.2) is 4.79 Å². The Morgan fingerprint density at radius 1 is 0.507 bits per heavy atom. The molecule has 2 aromatic carbocycles. The maximum atomic E-state index is 13.1. The van der Waals surface area contributed by atoms with Crippen LogP contribution in [-0.4, -0.2) is 178 Å². The highest BCUT2D eigenvalue weighted by Crippen LogP contribution is 2.18. The molecular weight excluding hydrogens is 947 g/mol. The van der Waals surface area contributed by atoms with Gasteiger partial charge in [-0.1, -0.05) is 12.2 Å². The van der Waals surface area contributed by atoms with Gasteiger partial charge in [-0.05, 0) is 99.9 Å². The number of imide groups is 1. The highest BCUT2D eigenvalue weighted by molar-refractivity contribution is 6.13. The fourth-order valence-corrected chi connectivity index (χ4v) is 7.08. The number of hydrogen-bond donors (Lipinski definition) is 4. The topological polar surface area (TPSA) is 237 Å². The van der Waals surface area contributed by atoms with E-state index in [1.165, 1.54) is 12.2 Å². The fourth-order valence-electron chi connectivity index (χ4n) is 7.08. The number of rotatable bonds is 41. The van der Waals surface area contributed by atoms with Crippen molar-refractivity contribution in [1.29, 1.82) is 0 Å². The smallest absolute Gasteiger partial charge is 0.407 e. The molecule has 1 atom stereocenters. The second-order valence-corrected chi connectivity index (χ2v) is 16.8. The lowest BCUT2D eigenvalue weighted by Crippen LogP contribution is -2.35. The molecule has 1 aliphatic heterocycles. The quantitative estimate of drug-likeness (QED) is 0.0310. The Bertz CT molecular complexity index is 1930. The van der Waals surface area contributed by atoms with Crippen molar-refractivity contribution in [2.45, 2.75) is 70.3 Å². The van der Waals surface area contributed by atoms with Gasteiger partial charge in [-0.15, -0.1) is 0 Å². The predicted octanol–water partition coefficient (Wildman–Crippen LogP) is 4.55. The zero-order valence-corrected chi connectivity index (χ0v) is 42.3. The second kappa shape index (κ2) is 38.8. The number of carbonyl (C=O) groups excluding carboxylic acids is 6. The van der Waals surface area contributed by atoms with E-state index in [4.69, 9.17) is 42.6 Å². The summed E-state index contributed by atoms with van der Waals surface area (Å²) in [6.07, 6.45) is 13.6. The molecule has 0 saturated carbocycles. The Labute approximate surface area is 429 Å². The van der Waals surface area contributed by atoms with E-state index in [0.717, 1.165) is 55.7 Å². The first-order valence-corrected chi connectivity index (χ1v) is 25.6. The van der Waals surface area contributed by atoms with E-state index in [0.29, 0.717) is 142 Å². The first-order valence-electron chi connectivity index (χ1n) is 25.6. The van der Waals surface area contributed by atoms with Gasteiger partial charge >= 0.3 is 6.09 Å². The van der Waals surface area contributed by atoms with Crippen molar-refractivity contribution in [3.05, 3.63) is 84.0 Å². The Kier molecular flexibility index (Phi) is 31.8. The van der Waals surface area contributed by atoms with Crippen molar-refractivity contribution >= 4 is 41.2 Å². The summed E-state index contributed by atoms with van der Waals surface area (Å²) in [7, 11) is 0. The molecule has 1 heterocycles. The number of benzene rings is 2. The van der Waals surface area contributed by atoms with Crippen LogP contribution in [0.25, 0.3) is 0 Å². The minimum atomic E-state index is -0.410. The number of ether oxygens (including phenoxy) is 9. The molecule has 4 rings (SSSR count). The summed E-state index contributed by atoms with van der Waals surface area (Å²) in [4.78, 5) is 73.2. The summed E-state index contributed by atoms with van der Waals surface area (Å²) in [6, 6.07) is 14.4. The van der Waals surface area contributed by atoms with E-state index in [1.807, 2.05) is 12.1 Å². The zero-order valence-electron chi connectivity index (χ0n) is 42.3. The molecule has 20 nitrogen and oxygen atoms in total. The van der Waals surface area contributed by atoms with Gasteiger partial charge in [0.25, 0.3) is 11.8 Å². The molecular formula is C53H77N5O15. The van der Waals surface area contributed by atoms with E-state index in [-0.39, 0.29) is 55.8 Å². The molecule has 404 valence electrons. The molecule has 0 aromatic heterocycles. The van der Waals surface area contributed by atoms with Gasteiger partial charge in [0, 0.05) is 87.7 Å². The largest absolute Gasteiger partial charge is 0.494 e. The Morgan fingerprint density at radius 3 is 1.66 bits per heavy atom. The summed E-state index contributed by atoms with van der Waals surface area (Å²) in [5.74, 6) is -0.657. The van der Waals surface area contributed by atoms with Crippen LogP contribution in [0.3, 0.4) is 0 Å². The fraction of sp³-hybridized carbons (Fsp3) is 0.585. The molecule has 0 saturated heterocycles. The zero-order chi connectivity index (χ0) is 51.8. The summed E-state index contributed by atoms with van der Waals surface area (Å²) in [6.45, 7) is 8.30. The summed E-state index contributed by atoms with van der Waals surface area (Å²) >= 11 is 0. The van der Waals surface area contributed by atoms with Gasteiger partial charge in [0.15, 0.2) is 5.78 Å². The van der Waals surface area contributed by atoms with Gasteiger partial charge in [0.2, 0.25) is 11.8 Å². The molecule has 5 amide bonds. The van der Waals surface area contributed by atoms with Gasteiger partial charge in [-0.3, -0.25) is 28.9 Å². The third kappa shape index (κ3) is 28.3. The van der Waals surface area contributed by atoms with Crippen LogP contribution in [0.2, 0.25) is 0 Å². The molecule has 1 unspecified atom stereocenters. The number of nitrogens with zero attached hydrogens (tertiary/aromatic N) is 1. The van der Waals surface area contributed by atoms with Gasteiger partial charge in [0.05, 0.1) is 85.9 Å². The van der Waals surface area contributed by atoms with E-state index in [1.54, 1.807) is 36.4 Å². The highest BCUT2D eigenvalue weighted by Gasteiger charge is 2.23. The van der Waals surface area contributed by atoms with Crippen molar-refractivity contribution < 1.29 is 71.4 Å². The van der Waals surface area contributed by atoms with E-state index in [9.17, 15) is 28.8 Å². The van der Waals surface area contributed by atoms with Crippen LogP contribution in [-0.2, 0) is 57.1 Å². The lowest BCUT2D eigenvalue weighted by atomic mass is 10.0. The lowest BCUT2D eigenvalue weighted by Gasteiger charge is -2.18. The molecule has 0 fully saturated rings. The number of ketones is 1. The van der Waals surface area contributed by atoms with Crippen LogP contribution >= 0.6 is 0 Å². The van der Waals surface area contributed by atoms with Gasteiger partial charge < -0.3 is 63.9 Å². The highest BCUT2D eigenvalue weighted by atomic mass is 16.6. The summed E-state index contributed by atoms with van der Waals surface area (Å²) in [5.41, 5.74) is 2.06. The Balaban J connectivity index is 0.864. The van der Waals surface area contributed by atoms with E-state index in [2.05, 4.69) is 33.4 Å². The monoisotopic (exact) mass is 1020 g/mol. The minimum absolute atomic E-state index is 0.00809. The normalized spacial score (nSPS) is 14.8. The molecule has 2 aliphatic rings. The molecule has 0 spiro atoms.